The van der Waals surface area contributed by atoms with E-state index in [1.165, 1.54) is 12.1 Å². The molecule has 1 N–H and O–H groups in total. The van der Waals surface area contributed by atoms with Crippen molar-refractivity contribution in [2.45, 2.75) is 13.5 Å². The Kier molecular flexibility index (Phi) is 4.60. The predicted molar refractivity (Wildman–Crippen MR) is 75.3 cm³/mol. The van der Waals surface area contributed by atoms with Crippen molar-refractivity contribution >= 4 is 5.97 Å². The average molecular weight is 272 g/mol. The third kappa shape index (κ3) is 3.51. The number of carbonyl (C=O) groups is 1. The van der Waals surface area contributed by atoms with Gasteiger partial charge in [0.15, 0.2) is 11.5 Å². The van der Waals surface area contributed by atoms with Gasteiger partial charge in [0.1, 0.15) is 6.61 Å². The third-order valence-corrected chi connectivity index (χ3v) is 2.73. The van der Waals surface area contributed by atoms with Crippen molar-refractivity contribution in [1.29, 1.82) is 0 Å². The lowest BCUT2D eigenvalue weighted by atomic mass is 10.2. The van der Waals surface area contributed by atoms with Crippen LogP contribution in [0.3, 0.4) is 0 Å². The summed E-state index contributed by atoms with van der Waals surface area (Å²) >= 11 is 0. The molecular formula is C16H16O4. The third-order valence-electron chi connectivity index (χ3n) is 2.73. The monoisotopic (exact) mass is 272 g/mol. The van der Waals surface area contributed by atoms with Crippen LogP contribution in [-0.2, 0) is 6.61 Å². The van der Waals surface area contributed by atoms with Crippen LogP contribution in [0.15, 0.2) is 48.5 Å². The van der Waals surface area contributed by atoms with Crippen molar-refractivity contribution < 1.29 is 19.4 Å². The molecule has 0 saturated heterocycles. The number of ether oxygens (including phenoxy) is 2. The van der Waals surface area contributed by atoms with Crippen LogP contribution in [0.2, 0.25) is 0 Å². The predicted octanol–water partition coefficient (Wildman–Crippen LogP) is 3.36. The fourth-order valence-corrected chi connectivity index (χ4v) is 1.76. The number of hydrogen-bond acceptors (Lipinski definition) is 3. The van der Waals surface area contributed by atoms with Crippen LogP contribution in [0.1, 0.15) is 22.8 Å². The highest BCUT2D eigenvalue weighted by Crippen LogP contribution is 2.29. The van der Waals surface area contributed by atoms with Crippen LogP contribution in [0.5, 0.6) is 11.5 Å². The lowest BCUT2D eigenvalue weighted by Gasteiger charge is -2.12. The summed E-state index contributed by atoms with van der Waals surface area (Å²) in [5.74, 6) is 0.00152. The summed E-state index contributed by atoms with van der Waals surface area (Å²) in [4.78, 5) is 11.0. The van der Waals surface area contributed by atoms with Crippen molar-refractivity contribution in [3.8, 4) is 11.5 Å². The summed E-state index contributed by atoms with van der Waals surface area (Å²) in [6.45, 7) is 2.73. The van der Waals surface area contributed by atoms with Gasteiger partial charge in [0, 0.05) is 0 Å². The normalized spacial score (nSPS) is 10.1. The van der Waals surface area contributed by atoms with E-state index < -0.39 is 5.97 Å². The highest BCUT2D eigenvalue weighted by Gasteiger charge is 2.10. The molecule has 4 heteroatoms. The van der Waals surface area contributed by atoms with Gasteiger partial charge >= 0.3 is 5.97 Å². The van der Waals surface area contributed by atoms with Crippen molar-refractivity contribution in [1.82, 2.24) is 0 Å². The fraction of sp³-hybridized carbons (Fsp3) is 0.188. The maximum atomic E-state index is 11.0. The SMILES string of the molecule is CCOc1ccc(C(=O)O)cc1OCc1ccccc1. The van der Waals surface area contributed by atoms with Crippen molar-refractivity contribution in [3.05, 3.63) is 59.7 Å². The number of hydrogen-bond donors (Lipinski definition) is 1. The second-order valence-corrected chi connectivity index (χ2v) is 4.17. The lowest BCUT2D eigenvalue weighted by molar-refractivity contribution is 0.0696. The molecule has 0 atom stereocenters. The molecule has 0 bridgehead atoms. The van der Waals surface area contributed by atoms with Gasteiger partial charge in [0.2, 0.25) is 0 Å². The molecule has 0 spiro atoms. The number of aromatic carboxylic acids is 1. The van der Waals surface area contributed by atoms with Gasteiger partial charge in [-0.1, -0.05) is 30.3 Å². The van der Waals surface area contributed by atoms with E-state index in [1.54, 1.807) is 6.07 Å². The van der Waals surface area contributed by atoms with E-state index in [-0.39, 0.29) is 5.56 Å². The van der Waals surface area contributed by atoms with E-state index in [0.29, 0.717) is 24.7 Å². The summed E-state index contributed by atoms with van der Waals surface area (Å²) in [5, 5.41) is 9.02. The minimum atomic E-state index is -0.988. The highest BCUT2D eigenvalue weighted by atomic mass is 16.5. The summed E-state index contributed by atoms with van der Waals surface area (Å²) in [6.07, 6.45) is 0. The van der Waals surface area contributed by atoms with Crippen LogP contribution in [0, 0.1) is 0 Å². The Morgan fingerprint density at radius 1 is 1.05 bits per heavy atom. The molecule has 0 unspecified atom stereocenters. The molecule has 0 aromatic heterocycles. The Bertz CT molecular complexity index is 578. The zero-order valence-electron chi connectivity index (χ0n) is 11.2. The summed E-state index contributed by atoms with van der Waals surface area (Å²) in [7, 11) is 0. The van der Waals surface area contributed by atoms with E-state index in [1.807, 2.05) is 37.3 Å². The van der Waals surface area contributed by atoms with E-state index in [9.17, 15) is 4.79 Å². The number of rotatable bonds is 6. The topological polar surface area (TPSA) is 55.8 Å². The van der Waals surface area contributed by atoms with Crippen LogP contribution in [-0.4, -0.2) is 17.7 Å². The number of benzene rings is 2. The first-order valence-corrected chi connectivity index (χ1v) is 6.37. The molecule has 0 radical (unpaired) electrons. The van der Waals surface area contributed by atoms with Gasteiger partial charge in [-0.2, -0.15) is 0 Å². The fourth-order valence-electron chi connectivity index (χ4n) is 1.76. The van der Waals surface area contributed by atoms with Crippen molar-refractivity contribution in [2.24, 2.45) is 0 Å². The largest absolute Gasteiger partial charge is 0.490 e. The second-order valence-electron chi connectivity index (χ2n) is 4.17. The maximum Gasteiger partial charge on any atom is 0.335 e. The standard InChI is InChI=1S/C16H16O4/c1-2-19-14-9-8-13(16(17)18)10-15(14)20-11-12-6-4-3-5-7-12/h3-10H,2,11H2,1H3,(H,17,18). The Labute approximate surface area is 117 Å². The van der Waals surface area contributed by atoms with Crippen LogP contribution >= 0.6 is 0 Å². The number of carboxylic acids is 1. The van der Waals surface area contributed by atoms with Crippen LogP contribution in [0.4, 0.5) is 0 Å². The highest BCUT2D eigenvalue weighted by molar-refractivity contribution is 5.88. The zero-order valence-corrected chi connectivity index (χ0v) is 11.2. The molecule has 2 rings (SSSR count). The first-order valence-electron chi connectivity index (χ1n) is 6.37. The minimum Gasteiger partial charge on any atom is -0.490 e. The summed E-state index contributed by atoms with van der Waals surface area (Å²) in [5.41, 5.74) is 1.19. The average Bonchev–Trinajstić information content (AvgIpc) is 2.47. The molecular weight excluding hydrogens is 256 g/mol. The molecule has 0 aliphatic heterocycles. The van der Waals surface area contributed by atoms with E-state index in [2.05, 4.69) is 0 Å². The quantitative estimate of drug-likeness (QED) is 0.876. The number of carboxylic acid groups (broad SMARTS) is 1. The van der Waals surface area contributed by atoms with Crippen LogP contribution < -0.4 is 9.47 Å². The van der Waals surface area contributed by atoms with Crippen molar-refractivity contribution in [3.63, 3.8) is 0 Å². The van der Waals surface area contributed by atoms with E-state index in [0.717, 1.165) is 5.56 Å². The molecule has 0 amide bonds. The van der Waals surface area contributed by atoms with Gasteiger partial charge in [0.05, 0.1) is 12.2 Å². The lowest BCUT2D eigenvalue weighted by Crippen LogP contribution is -2.02. The molecule has 0 saturated carbocycles. The summed E-state index contributed by atoms with van der Waals surface area (Å²) < 4.78 is 11.1. The molecule has 4 nitrogen and oxygen atoms in total. The smallest absolute Gasteiger partial charge is 0.335 e. The molecule has 2 aromatic carbocycles. The molecule has 0 heterocycles. The van der Waals surface area contributed by atoms with Gasteiger partial charge in [-0.25, -0.2) is 4.79 Å². The Morgan fingerprint density at radius 2 is 1.80 bits per heavy atom. The molecule has 2 aromatic rings. The van der Waals surface area contributed by atoms with Gasteiger partial charge < -0.3 is 14.6 Å². The molecule has 0 aliphatic rings. The Hall–Kier alpha value is -2.49. The maximum absolute atomic E-state index is 11.0. The Balaban J connectivity index is 2.19. The zero-order chi connectivity index (χ0) is 14.4. The van der Waals surface area contributed by atoms with Crippen LogP contribution in [0.25, 0.3) is 0 Å². The van der Waals surface area contributed by atoms with Gasteiger partial charge in [0.25, 0.3) is 0 Å². The molecule has 104 valence electrons. The van der Waals surface area contributed by atoms with Gasteiger partial charge in [-0.05, 0) is 30.7 Å². The van der Waals surface area contributed by atoms with Crippen molar-refractivity contribution in [2.75, 3.05) is 6.61 Å². The molecule has 0 fully saturated rings. The van der Waals surface area contributed by atoms with E-state index >= 15 is 0 Å². The second kappa shape index (κ2) is 6.61. The van der Waals surface area contributed by atoms with Gasteiger partial charge in [-0.3, -0.25) is 0 Å². The minimum absolute atomic E-state index is 0.177. The van der Waals surface area contributed by atoms with E-state index in [4.69, 9.17) is 14.6 Å². The molecule has 0 aliphatic carbocycles. The Morgan fingerprint density at radius 3 is 2.45 bits per heavy atom. The van der Waals surface area contributed by atoms with Gasteiger partial charge in [-0.15, -0.1) is 0 Å². The summed E-state index contributed by atoms with van der Waals surface area (Å²) in [6, 6.07) is 14.3. The first kappa shape index (κ1) is 13.9. The molecule has 20 heavy (non-hydrogen) atoms. The first-order chi connectivity index (χ1) is 9.70.